The average molecular weight is 473 g/mol. The molecule has 0 spiro atoms. The molecule has 3 heterocycles. The Morgan fingerprint density at radius 1 is 1.27 bits per heavy atom. The topological polar surface area (TPSA) is 68.3 Å². The van der Waals surface area contributed by atoms with Gasteiger partial charge in [0.15, 0.2) is 0 Å². The lowest BCUT2D eigenvalue weighted by atomic mass is 10.00. The first kappa shape index (κ1) is 23.7. The summed E-state index contributed by atoms with van der Waals surface area (Å²) in [6.45, 7) is 4.08. The summed E-state index contributed by atoms with van der Waals surface area (Å²) < 4.78 is 16.9. The molecule has 0 saturated carbocycles. The van der Waals surface area contributed by atoms with Crippen LogP contribution in [0.15, 0.2) is 35.7 Å². The van der Waals surface area contributed by atoms with Crippen LogP contribution in [0.5, 0.6) is 5.75 Å². The molecular weight excluding hydrogens is 440 g/mol. The highest BCUT2D eigenvalue weighted by Crippen LogP contribution is 2.34. The number of aryl methyl sites for hydroxylation is 1. The molecule has 1 aromatic heterocycles. The van der Waals surface area contributed by atoms with Gasteiger partial charge in [0.25, 0.3) is 0 Å². The van der Waals surface area contributed by atoms with Crippen LogP contribution in [-0.4, -0.2) is 74.3 Å². The summed E-state index contributed by atoms with van der Waals surface area (Å²) in [7, 11) is 1.49. The van der Waals surface area contributed by atoms with Crippen molar-refractivity contribution in [2.45, 2.75) is 38.3 Å². The van der Waals surface area contributed by atoms with Crippen molar-refractivity contribution in [1.29, 1.82) is 0 Å². The van der Waals surface area contributed by atoms with Crippen LogP contribution in [0.25, 0.3) is 0 Å². The monoisotopic (exact) mass is 472 g/mol. The van der Waals surface area contributed by atoms with Crippen LogP contribution in [-0.2, 0) is 25.5 Å². The molecule has 4 rings (SSSR count). The minimum atomic E-state index is -0.192. The number of carbonyl (C=O) groups excluding carboxylic acids is 2. The number of fused-ring (bicyclic) bond motifs is 1. The van der Waals surface area contributed by atoms with E-state index in [0.717, 1.165) is 36.1 Å². The summed E-state index contributed by atoms with van der Waals surface area (Å²) in [6, 6.07) is 9.80. The van der Waals surface area contributed by atoms with Gasteiger partial charge in [0.05, 0.1) is 18.7 Å². The molecule has 2 amide bonds. The van der Waals surface area contributed by atoms with Crippen molar-refractivity contribution in [3.05, 3.63) is 51.7 Å². The number of benzene rings is 1. The number of amides is 2. The number of carbonyl (C=O) groups is 2. The second-order valence-corrected chi connectivity index (χ2v) is 9.57. The summed E-state index contributed by atoms with van der Waals surface area (Å²) in [5, 5.41) is 2.07. The van der Waals surface area contributed by atoms with Crippen molar-refractivity contribution in [3.63, 3.8) is 0 Å². The van der Waals surface area contributed by atoms with Gasteiger partial charge in [-0.25, -0.2) is 0 Å². The van der Waals surface area contributed by atoms with Gasteiger partial charge < -0.3 is 24.0 Å². The van der Waals surface area contributed by atoms with E-state index in [4.69, 9.17) is 14.2 Å². The quantitative estimate of drug-likeness (QED) is 0.561. The molecule has 178 valence electrons. The largest absolute Gasteiger partial charge is 0.491 e. The van der Waals surface area contributed by atoms with Gasteiger partial charge in [-0.1, -0.05) is 18.2 Å². The Labute approximate surface area is 199 Å². The van der Waals surface area contributed by atoms with E-state index >= 15 is 0 Å². The van der Waals surface area contributed by atoms with Crippen molar-refractivity contribution < 1.29 is 23.8 Å². The van der Waals surface area contributed by atoms with E-state index in [1.165, 1.54) is 12.0 Å². The normalized spacial score (nSPS) is 19.9. The Bertz CT molecular complexity index is 956. The number of nitrogens with zero attached hydrogens (tertiary/aromatic N) is 2. The zero-order valence-corrected chi connectivity index (χ0v) is 20.1. The van der Waals surface area contributed by atoms with E-state index in [9.17, 15) is 9.59 Å². The second-order valence-electron chi connectivity index (χ2n) is 8.57. The molecule has 1 fully saturated rings. The summed E-state index contributed by atoms with van der Waals surface area (Å²) in [5.41, 5.74) is 2.20. The Morgan fingerprint density at radius 2 is 2.12 bits per heavy atom. The third kappa shape index (κ3) is 5.75. The predicted molar refractivity (Wildman–Crippen MR) is 127 cm³/mol. The van der Waals surface area contributed by atoms with Crippen LogP contribution >= 0.6 is 11.3 Å². The van der Waals surface area contributed by atoms with Crippen molar-refractivity contribution in [1.82, 2.24) is 9.80 Å². The van der Waals surface area contributed by atoms with Gasteiger partial charge in [-0.05, 0) is 54.8 Å². The molecule has 0 N–H and O–H groups in total. The van der Waals surface area contributed by atoms with Gasteiger partial charge in [-0.15, -0.1) is 11.3 Å². The first-order valence-electron chi connectivity index (χ1n) is 11.5. The zero-order valence-electron chi connectivity index (χ0n) is 19.3. The highest BCUT2D eigenvalue weighted by Gasteiger charge is 2.34. The first-order chi connectivity index (χ1) is 16.1. The lowest BCUT2D eigenvalue weighted by molar-refractivity contribution is -0.145. The maximum Gasteiger partial charge on any atom is 0.249 e. The van der Waals surface area contributed by atoms with E-state index in [-0.39, 0.29) is 37.1 Å². The van der Waals surface area contributed by atoms with Crippen molar-refractivity contribution in [3.8, 4) is 5.75 Å². The van der Waals surface area contributed by atoms with Crippen LogP contribution in [0.4, 0.5) is 0 Å². The van der Waals surface area contributed by atoms with Gasteiger partial charge in [0.2, 0.25) is 11.8 Å². The highest BCUT2D eigenvalue weighted by molar-refractivity contribution is 7.10. The molecule has 2 aliphatic rings. The van der Waals surface area contributed by atoms with E-state index in [0.29, 0.717) is 26.3 Å². The number of thiophene rings is 1. The smallest absolute Gasteiger partial charge is 0.249 e. The standard InChI is InChI=1S/C25H32N2O5S/c1-18-6-3-4-8-22(18)32-16-21-20-10-13-33-23(20)9-11-27(21)24(28)15-26(25(29)17-30-2)14-19-7-5-12-31-19/h3-4,6,8,10,13,19,21H,5,7,9,11-12,14-17H2,1-2H3/t19-,21+/m1/s1. The van der Waals surface area contributed by atoms with E-state index in [1.54, 1.807) is 16.2 Å². The fourth-order valence-corrected chi connectivity index (χ4v) is 5.45. The van der Waals surface area contributed by atoms with Gasteiger partial charge in [-0.3, -0.25) is 9.59 Å². The van der Waals surface area contributed by atoms with Gasteiger partial charge in [0.1, 0.15) is 19.0 Å². The highest BCUT2D eigenvalue weighted by atomic mass is 32.1. The molecule has 2 aromatic rings. The second kappa shape index (κ2) is 11.1. The molecule has 0 aliphatic carbocycles. The Morgan fingerprint density at radius 3 is 2.88 bits per heavy atom. The molecule has 2 atom stereocenters. The Balaban J connectivity index is 1.49. The summed E-state index contributed by atoms with van der Waals surface area (Å²) in [6.07, 6.45) is 2.68. The Hall–Kier alpha value is -2.42. The maximum atomic E-state index is 13.5. The third-order valence-corrected chi connectivity index (χ3v) is 7.30. The van der Waals surface area contributed by atoms with Crippen LogP contribution < -0.4 is 4.74 Å². The first-order valence-corrected chi connectivity index (χ1v) is 12.4. The maximum absolute atomic E-state index is 13.5. The van der Waals surface area contributed by atoms with E-state index < -0.39 is 0 Å². The van der Waals surface area contributed by atoms with Crippen LogP contribution in [0.3, 0.4) is 0 Å². The van der Waals surface area contributed by atoms with Crippen LogP contribution in [0.2, 0.25) is 0 Å². The fourth-order valence-electron chi connectivity index (χ4n) is 4.52. The molecule has 7 nitrogen and oxygen atoms in total. The molecular formula is C25H32N2O5S. The SMILES string of the molecule is COCC(=O)N(CC(=O)N1CCc2sccc2[C@@H]1COc1ccccc1C)C[C@H]1CCCO1. The lowest BCUT2D eigenvalue weighted by Crippen LogP contribution is -2.49. The van der Waals surface area contributed by atoms with Gasteiger partial charge in [-0.2, -0.15) is 0 Å². The predicted octanol–water partition coefficient (Wildman–Crippen LogP) is 3.22. The lowest BCUT2D eigenvalue weighted by Gasteiger charge is -2.37. The van der Waals surface area contributed by atoms with E-state index in [1.807, 2.05) is 36.1 Å². The zero-order chi connectivity index (χ0) is 23.2. The third-order valence-electron chi connectivity index (χ3n) is 6.30. The van der Waals surface area contributed by atoms with Gasteiger partial charge in [0, 0.05) is 31.7 Å². The van der Waals surface area contributed by atoms with E-state index in [2.05, 4.69) is 11.4 Å². The average Bonchev–Trinajstić information content (AvgIpc) is 3.50. The molecule has 0 bridgehead atoms. The summed E-state index contributed by atoms with van der Waals surface area (Å²) in [4.78, 5) is 31.0. The van der Waals surface area contributed by atoms with Crippen molar-refractivity contribution >= 4 is 23.2 Å². The van der Waals surface area contributed by atoms with Gasteiger partial charge >= 0.3 is 0 Å². The van der Waals surface area contributed by atoms with Crippen molar-refractivity contribution in [2.75, 3.05) is 46.6 Å². The molecule has 1 aromatic carbocycles. The summed E-state index contributed by atoms with van der Waals surface area (Å²) >= 11 is 1.72. The molecule has 1 saturated heterocycles. The minimum absolute atomic E-state index is 0.0163. The van der Waals surface area contributed by atoms with Crippen LogP contribution in [0.1, 0.15) is 34.9 Å². The number of hydrogen-bond donors (Lipinski definition) is 0. The minimum Gasteiger partial charge on any atom is -0.491 e. The molecule has 33 heavy (non-hydrogen) atoms. The summed E-state index contributed by atoms with van der Waals surface area (Å²) in [5.74, 6) is 0.553. The Kier molecular flexibility index (Phi) is 8.01. The number of rotatable bonds is 9. The van der Waals surface area contributed by atoms with Crippen molar-refractivity contribution in [2.24, 2.45) is 0 Å². The number of methoxy groups -OCH3 is 1. The van der Waals surface area contributed by atoms with Crippen LogP contribution in [0, 0.1) is 6.92 Å². The number of para-hydroxylation sites is 1. The molecule has 0 radical (unpaired) electrons. The fraction of sp³-hybridized carbons (Fsp3) is 0.520. The molecule has 2 aliphatic heterocycles. The number of ether oxygens (including phenoxy) is 3. The molecule has 0 unspecified atom stereocenters. The number of hydrogen-bond acceptors (Lipinski definition) is 6. The molecule has 8 heteroatoms.